The van der Waals surface area contributed by atoms with Crippen LogP contribution in [0.15, 0.2) is 42.9 Å². The third-order valence-electron chi connectivity index (χ3n) is 4.99. The Morgan fingerprint density at radius 3 is 3.08 bits per heavy atom. The summed E-state index contributed by atoms with van der Waals surface area (Å²) in [6.45, 7) is 1.94. The molecule has 1 saturated heterocycles. The van der Waals surface area contributed by atoms with E-state index in [1.807, 2.05) is 43.7 Å². The first-order chi connectivity index (χ1) is 12.7. The number of hydrogen-bond acceptors (Lipinski definition) is 4. The molecule has 4 rings (SSSR count). The van der Waals surface area contributed by atoms with Gasteiger partial charge in [0.1, 0.15) is 6.10 Å². The van der Waals surface area contributed by atoms with Crippen LogP contribution in [-0.4, -0.2) is 38.4 Å². The van der Waals surface area contributed by atoms with E-state index in [1.165, 1.54) is 0 Å². The highest BCUT2D eigenvalue weighted by Crippen LogP contribution is 2.33. The molecular weight excluding hydrogens is 330 g/mol. The van der Waals surface area contributed by atoms with E-state index in [1.54, 1.807) is 10.9 Å². The number of benzene rings is 1. The summed E-state index contributed by atoms with van der Waals surface area (Å²) < 4.78 is 9.76. The van der Waals surface area contributed by atoms with Gasteiger partial charge >= 0.3 is 0 Å². The summed E-state index contributed by atoms with van der Waals surface area (Å²) in [5.41, 5.74) is 3.00. The van der Waals surface area contributed by atoms with Crippen LogP contribution in [0.5, 0.6) is 0 Å². The average Bonchev–Trinajstić information content (AvgIpc) is 3.28. The monoisotopic (exact) mass is 353 g/mol. The molecule has 0 unspecified atom stereocenters. The van der Waals surface area contributed by atoms with Crippen LogP contribution < -0.4 is 5.32 Å². The van der Waals surface area contributed by atoms with Crippen molar-refractivity contribution in [1.29, 1.82) is 0 Å². The predicted octanol–water partition coefficient (Wildman–Crippen LogP) is 2.05. The first kappa shape index (κ1) is 16.8. The van der Waals surface area contributed by atoms with E-state index >= 15 is 0 Å². The second-order valence-electron chi connectivity index (χ2n) is 6.64. The van der Waals surface area contributed by atoms with Crippen LogP contribution in [0.2, 0.25) is 0 Å². The fourth-order valence-corrected chi connectivity index (χ4v) is 3.62. The number of aromatic nitrogens is 4. The molecular formula is C19H23N5O2. The number of nitrogens with zero attached hydrogens (tertiary/aromatic N) is 4. The molecule has 1 aromatic carbocycles. The van der Waals surface area contributed by atoms with Crippen molar-refractivity contribution in [2.45, 2.75) is 25.5 Å². The van der Waals surface area contributed by atoms with Crippen LogP contribution in [0, 0.1) is 5.92 Å². The zero-order valence-corrected chi connectivity index (χ0v) is 14.8. The molecule has 1 N–H and O–H groups in total. The van der Waals surface area contributed by atoms with Gasteiger partial charge in [0.15, 0.2) is 0 Å². The number of nitrogens with one attached hydrogen (secondary N) is 1. The number of amides is 1. The van der Waals surface area contributed by atoms with Gasteiger partial charge in [0.2, 0.25) is 5.91 Å². The maximum Gasteiger partial charge on any atom is 0.226 e. The molecule has 1 aliphatic heterocycles. The van der Waals surface area contributed by atoms with Crippen molar-refractivity contribution in [2.75, 3.05) is 13.2 Å². The van der Waals surface area contributed by atoms with E-state index in [-0.39, 0.29) is 17.9 Å². The van der Waals surface area contributed by atoms with Crippen LogP contribution >= 0.6 is 0 Å². The molecule has 136 valence electrons. The third kappa shape index (κ3) is 3.22. The minimum Gasteiger partial charge on any atom is -0.371 e. The lowest BCUT2D eigenvalue weighted by molar-refractivity contribution is -0.135. The Morgan fingerprint density at radius 2 is 2.23 bits per heavy atom. The average molecular weight is 353 g/mol. The summed E-state index contributed by atoms with van der Waals surface area (Å²) in [5, 5.41) is 7.27. The van der Waals surface area contributed by atoms with Crippen molar-refractivity contribution >= 4 is 16.9 Å². The Balaban J connectivity index is 1.40. The first-order valence-electron chi connectivity index (χ1n) is 9.01. The maximum absolute atomic E-state index is 12.8. The minimum absolute atomic E-state index is 0.0420. The number of hydrogen-bond donors (Lipinski definition) is 1. The zero-order valence-electron chi connectivity index (χ0n) is 14.8. The highest BCUT2D eigenvalue weighted by Gasteiger charge is 2.34. The second-order valence-corrected chi connectivity index (χ2v) is 6.64. The van der Waals surface area contributed by atoms with E-state index in [0.717, 1.165) is 29.6 Å². The predicted molar refractivity (Wildman–Crippen MR) is 97.4 cm³/mol. The SMILES string of the molecule is Cn1nccc1[C@@H]1OCCC[C@H]1C(=O)NCCn1cnc2ccccc21. The summed E-state index contributed by atoms with van der Waals surface area (Å²) in [6, 6.07) is 9.92. The Kier molecular flexibility index (Phi) is 4.71. The van der Waals surface area contributed by atoms with E-state index in [9.17, 15) is 4.79 Å². The van der Waals surface area contributed by atoms with Crippen LogP contribution in [0.3, 0.4) is 0 Å². The maximum atomic E-state index is 12.8. The summed E-state index contributed by atoms with van der Waals surface area (Å²) in [5.74, 6) is -0.140. The molecule has 26 heavy (non-hydrogen) atoms. The highest BCUT2D eigenvalue weighted by atomic mass is 16.5. The van der Waals surface area contributed by atoms with Gasteiger partial charge < -0.3 is 14.6 Å². The molecule has 0 spiro atoms. The highest BCUT2D eigenvalue weighted by molar-refractivity contribution is 5.79. The standard InChI is InChI=1S/C19H23N5O2/c1-23-17(8-9-22-23)18-14(5-4-12-26-18)19(25)20-10-11-24-13-21-15-6-2-3-7-16(15)24/h2-3,6-9,13-14,18H,4-5,10-12H2,1H3,(H,20,25)/t14-,18-/m1/s1. The van der Waals surface area contributed by atoms with Crippen LogP contribution in [0.1, 0.15) is 24.6 Å². The quantitative estimate of drug-likeness (QED) is 0.762. The van der Waals surface area contributed by atoms with Gasteiger partial charge in [-0.2, -0.15) is 5.10 Å². The van der Waals surface area contributed by atoms with Crippen molar-refractivity contribution in [3.63, 3.8) is 0 Å². The lowest BCUT2D eigenvalue weighted by Crippen LogP contribution is -2.39. The van der Waals surface area contributed by atoms with Crippen molar-refractivity contribution in [2.24, 2.45) is 13.0 Å². The van der Waals surface area contributed by atoms with E-state index in [4.69, 9.17) is 4.74 Å². The fraction of sp³-hybridized carbons (Fsp3) is 0.421. The molecule has 1 fully saturated rings. The molecule has 1 aliphatic rings. The molecule has 7 heteroatoms. The van der Waals surface area contributed by atoms with Gasteiger partial charge in [0, 0.05) is 32.9 Å². The Bertz CT molecular complexity index is 900. The summed E-state index contributed by atoms with van der Waals surface area (Å²) >= 11 is 0. The summed E-state index contributed by atoms with van der Waals surface area (Å²) in [7, 11) is 1.88. The number of aryl methyl sites for hydroxylation is 1. The van der Waals surface area contributed by atoms with Crippen LogP contribution in [0.25, 0.3) is 11.0 Å². The van der Waals surface area contributed by atoms with Gasteiger partial charge in [0.05, 0.1) is 29.0 Å². The van der Waals surface area contributed by atoms with Crippen molar-refractivity contribution in [1.82, 2.24) is 24.6 Å². The van der Waals surface area contributed by atoms with Crippen LogP contribution in [0.4, 0.5) is 0 Å². The number of fused-ring (bicyclic) bond motifs is 1. The number of rotatable bonds is 5. The fourth-order valence-electron chi connectivity index (χ4n) is 3.62. The molecule has 3 aromatic rings. The molecule has 1 amide bonds. The lowest BCUT2D eigenvalue weighted by atomic mass is 9.91. The van der Waals surface area contributed by atoms with Gasteiger partial charge in [-0.05, 0) is 31.0 Å². The molecule has 0 saturated carbocycles. The molecule has 2 atom stereocenters. The Labute approximate surface area is 152 Å². The van der Waals surface area contributed by atoms with Crippen molar-refractivity contribution in [3.8, 4) is 0 Å². The summed E-state index contributed by atoms with van der Waals surface area (Å²) in [4.78, 5) is 17.1. The zero-order chi connectivity index (χ0) is 17.9. The van der Waals surface area contributed by atoms with Crippen molar-refractivity contribution in [3.05, 3.63) is 48.5 Å². The minimum atomic E-state index is -0.231. The molecule has 7 nitrogen and oxygen atoms in total. The number of imidazole rings is 1. The number of carbonyl (C=O) groups is 1. The second kappa shape index (κ2) is 7.29. The Hall–Kier alpha value is -2.67. The molecule has 2 aromatic heterocycles. The van der Waals surface area contributed by atoms with E-state index in [0.29, 0.717) is 19.7 Å². The van der Waals surface area contributed by atoms with Gasteiger partial charge in [-0.3, -0.25) is 9.48 Å². The first-order valence-corrected chi connectivity index (χ1v) is 9.01. The number of para-hydroxylation sites is 2. The smallest absolute Gasteiger partial charge is 0.226 e. The Morgan fingerprint density at radius 1 is 1.35 bits per heavy atom. The van der Waals surface area contributed by atoms with Crippen LogP contribution in [-0.2, 0) is 23.1 Å². The van der Waals surface area contributed by atoms with Gasteiger partial charge in [0.25, 0.3) is 0 Å². The largest absolute Gasteiger partial charge is 0.371 e. The molecule has 3 heterocycles. The number of ether oxygens (including phenoxy) is 1. The van der Waals surface area contributed by atoms with Gasteiger partial charge in [-0.15, -0.1) is 0 Å². The van der Waals surface area contributed by atoms with Crippen molar-refractivity contribution < 1.29 is 9.53 Å². The number of carbonyl (C=O) groups excluding carboxylic acids is 1. The molecule has 0 aliphatic carbocycles. The molecule has 0 radical (unpaired) electrons. The normalized spacial score (nSPS) is 20.3. The van der Waals surface area contributed by atoms with E-state index in [2.05, 4.69) is 20.0 Å². The third-order valence-corrected chi connectivity index (χ3v) is 4.99. The molecule has 0 bridgehead atoms. The lowest BCUT2D eigenvalue weighted by Gasteiger charge is -2.30. The van der Waals surface area contributed by atoms with E-state index < -0.39 is 0 Å². The van der Waals surface area contributed by atoms with Gasteiger partial charge in [-0.1, -0.05) is 12.1 Å². The van der Waals surface area contributed by atoms with Gasteiger partial charge in [-0.25, -0.2) is 4.98 Å². The summed E-state index contributed by atoms with van der Waals surface area (Å²) in [6.07, 6.45) is 5.06. The topological polar surface area (TPSA) is 74.0 Å².